The van der Waals surface area contributed by atoms with Crippen molar-refractivity contribution in [3.8, 4) is 23.0 Å². The van der Waals surface area contributed by atoms with Gasteiger partial charge in [-0.2, -0.15) is 0 Å². The fraction of sp³-hybridized carbons (Fsp3) is 0.280. The number of rotatable bonds is 5. The Bertz CT molecular complexity index is 1240. The molecule has 2 atom stereocenters. The summed E-state index contributed by atoms with van der Waals surface area (Å²) in [6, 6.07) is 12.1. The number of carbonyl (C=O) groups excluding carboxylic acids is 2. The molecule has 0 fully saturated rings. The fourth-order valence-corrected chi connectivity index (χ4v) is 5.39. The van der Waals surface area contributed by atoms with Crippen LogP contribution < -0.4 is 24.3 Å². The Hall–Kier alpha value is -3.72. The predicted molar refractivity (Wildman–Crippen MR) is 128 cm³/mol. The molecule has 3 heterocycles. The minimum atomic E-state index is -0.677. The van der Waals surface area contributed by atoms with Gasteiger partial charge >= 0.3 is 0 Å². The molecule has 0 aliphatic carbocycles. The van der Waals surface area contributed by atoms with Crippen molar-refractivity contribution in [2.24, 2.45) is 0 Å². The maximum Gasteiger partial charge on any atom is 0.254 e. The van der Waals surface area contributed by atoms with E-state index in [0.717, 1.165) is 4.88 Å². The molecule has 2 aliphatic heterocycles. The van der Waals surface area contributed by atoms with E-state index < -0.39 is 12.0 Å². The monoisotopic (exact) mass is 480 g/mol. The molecule has 176 valence electrons. The molecule has 0 saturated carbocycles. The molecule has 1 N–H and O–H groups in total. The highest BCUT2D eigenvalue weighted by Gasteiger charge is 2.44. The van der Waals surface area contributed by atoms with E-state index in [-0.39, 0.29) is 11.8 Å². The normalized spacial score (nSPS) is 18.8. The highest BCUT2D eigenvalue weighted by atomic mass is 32.1. The summed E-state index contributed by atoms with van der Waals surface area (Å²) >= 11 is 1.51. The summed E-state index contributed by atoms with van der Waals surface area (Å²) in [5.41, 5.74) is 1.59. The molecular weight excluding hydrogens is 456 g/mol. The molecule has 0 unspecified atom stereocenters. The molecule has 0 saturated heterocycles. The third kappa shape index (κ3) is 3.71. The third-order valence-electron chi connectivity index (χ3n) is 6.10. The number of ether oxygens (including phenoxy) is 4. The number of likely N-dealkylation sites (N-methyl/N-ethyl adjacent to an activating group) is 1. The summed E-state index contributed by atoms with van der Waals surface area (Å²) in [5, 5.41) is 4.95. The van der Waals surface area contributed by atoms with Crippen molar-refractivity contribution in [3.05, 3.63) is 63.8 Å². The van der Waals surface area contributed by atoms with E-state index in [1.165, 1.54) is 25.6 Å². The summed E-state index contributed by atoms with van der Waals surface area (Å²) in [5.74, 6) is 1.02. The first-order valence-corrected chi connectivity index (χ1v) is 11.7. The van der Waals surface area contributed by atoms with Crippen molar-refractivity contribution in [1.29, 1.82) is 0 Å². The van der Waals surface area contributed by atoms with Gasteiger partial charge in [-0.15, -0.1) is 11.3 Å². The number of thiophene rings is 1. The van der Waals surface area contributed by atoms with Crippen LogP contribution in [0.5, 0.6) is 23.0 Å². The van der Waals surface area contributed by atoms with Crippen LogP contribution in [-0.4, -0.2) is 51.2 Å². The first-order valence-electron chi connectivity index (χ1n) is 10.8. The van der Waals surface area contributed by atoms with Crippen molar-refractivity contribution < 1.29 is 28.5 Å². The second-order valence-electron chi connectivity index (χ2n) is 8.00. The average molecular weight is 481 g/mol. The van der Waals surface area contributed by atoms with Crippen molar-refractivity contribution >= 4 is 28.8 Å². The van der Waals surface area contributed by atoms with Gasteiger partial charge in [0.2, 0.25) is 5.91 Å². The summed E-state index contributed by atoms with van der Waals surface area (Å²) in [6.45, 7) is 0.946. The van der Waals surface area contributed by atoms with Crippen LogP contribution in [0.15, 0.2) is 47.8 Å². The Labute approximate surface area is 201 Å². The van der Waals surface area contributed by atoms with Gasteiger partial charge in [0.1, 0.15) is 13.2 Å². The van der Waals surface area contributed by atoms with Gasteiger partial charge in [0, 0.05) is 29.2 Å². The lowest BCUT2D eigenvalue weighted by atomic mass is 9.81. The molecule has 2 aliphatic rings. The Morgan fingerprint density at radius 1 is 1.06 bits per heavy atom. The molecule has 2 amide bonds. The van der Waals surface area contributed by atoms with E-state index in [0.29, 0.717) is 53.0 Å². The van der Waals surface area contributed by atoms with Gasteiger partial charge in [-0.05, 0) is 41.3 Å². The second-order valence-corrected chi connectivity index (χ2v) is 8.98. The maximum atomic E-state index is 13.8. The minimum absolute atomic E-state index is 0.183. The molecule has 0 radical (unpaired) electrons. The first kappa shape index (κ1) is 22.1. The van der Waals surface area contributed by atoms with Crippen molar-refractivity contribution in [3.63, 3.8) is 0 Å². The van der Waals surface area contributed by atoms with Crippen LogP contribution in [0.2, 0.25) is 0 Å². The lowest BCUT2D eigenvalue weighted by molar-refractivity contribution is -0.119. The highest BCUT2D eigenvalue weighted by molar-refractivity contribution is 7.10. The van der Waals surface area contributed by atoms with Crippen LogP contribution in [0.1, 0.15) is 32.8 Å². The van der Waals surface area contributed by atoms with Crippen LogP contribution >= 0.6 is 11.3 Å². The van der Waals surface area contributed by atoms with Gasteiger partial charge in [-0.25, -0.2) is 0 Å². The Morgan fingerprint density at radius 2 is 1.79 bits per heavy atom. The molecule has 34 heavy (non-hydrogen) atoms. The Morgan fingerprint density at radius 3 is 2.50 bits per heavy atom. The third-order valence-corrected chi connectivity index (χ3v) is 7.04. The molecule has 9 heteroatoms. The number of anilines is 1. The lowest BCUT2D eigenvalue weighted by Crippen LogP contribution is -2.43. The zero-order valence-corrected chi connectivity index (χ0v) is 19.8. The highest BCUT2D eigenvalue weighted by Crippen LogP contribution is 2.47. The van der Waals surface area contributed by atoms with E-state index in [4.69, 9.17) is 18.9 Å². The van der Waals surface area contributed by atoms with Crippen LogP contribution in [0.25, 0.3) is 0 Å². The van der Waals surface area contributed by atoms with Crippen molar-refractivity contribution in [2.75, 3.05) is 39.8 Å². The largest absolute Gasteiger partial charge is 0.493 e. The summed E-state index contributed by atoms with van der Waals surface area (Å²) in [4.78, 5) is 29.7. The number of benzene rings is 2. The van der Waals surface area contributed by atoms with Gasteiger partial charge in [0.15, 0.2) is 23.0 Å². The molecule has 8 nitrogen and oxygen atoms in total. The Kier molecular flexibility index (Phi) is 5.79. The van der Waals surface area contributed by atoms with Gasteiger partial charge in [0.25, 0.3) is 5.91 Å². The van der Waals surface area contributed by atoms with Crippen LogP contribution in [0, 0.1) is 0 Å². The number of nitrogens with one attached hydrogen (secondary N) is 1. The number of hydrogen-bond acceptors (Lipinski definition) is 7. The smallest absolute Gasteiger partial charge is 0.254 e. The van der Waals surface area contributed by atoms with Gasteiger partial charge < -0.3 is 29.2 Å². The molecule has 1 aromatic heterocycles. The molecule has 2 aromatic carbocycles. The van der Waals surface area contributed by atoms with Crippen LogP contribution in [0.3, 0.4) is 0 Å². The number of nitrogens with zero attached hydrogens (tertiary/aromatic N) is 1. The van der Waals surface area contributed by atoms with Gasteiger partial charge in [-0.1, -0.05) is 6.07 Å². The molecule has 0 bridgehead atoms. The molecular formula is C25H24N2O6S. The topological polar surface area (TPSA) is 86.3 Å². The predicted octanol–water partition coefficient (Wildman–Crippen LogP) is 4.09. The molecule has 3 aromatic rings. The van der Waals surface area contributed by atoms with Crippen molar-refractivity contribution in [1.82, 2.24) is 4.90 Å². The van der Waals surface area contributed by atoms with E-state index in [9.17, 15) is 9.59 Å². The van der Waals surface area contributed by atoms with E-state index in [1.807, 2.05) is 17.5 Å². The minimum Gasteiger partial charge on any atom is -0.493 e. The lowest BCUT2D eigenvalue weighted by Gasteiger charge is -2.39. The van der Waals surface area contributed by atoms with E-state index in [1.54, 1.807) is 42.3 Å². The number of hydrogen-bond donors (Lipinski definition) is 1. The first-order chi connectivity index (χ1) is 16.5. The van der Waals surface area contributed by atoms with Gasteiger partial charge in [0.05, 0.1) is 26.2 Å². The zero-order chi connectivity index (χ0) is 23.8. The van der Waals surface area contributed by atoms with Gasteiger partial charge in [-0.3, -0.25) is 9.59 Å². The maximum absolute atomic E-state index is 13.8. The SMILES string of the molecule is COc1cc2c(cc1OC)[C@H](C(=O)Nc1ccc3c(c1)OCCO3)[C@H](c1cccs1)N(C)C2=O. The molecule has 0 spiro atoms. The quantitative estimate of drug-likeness (QED) is 0.592. The number of fused-ring (bicyclic) bond motifs is 2. The summed E-state index contributed by atoms with van der Waals surface area (Å²) < 4.78 is 22.1. The average Bonchev–Trinajstić information content (AvgIpc) is 3.39. The Balaban J connectivity index is 1.59. The second kappa shape index (κ2) is 8.90. The number of carbonyl (C=O) groups is 2. The zero-order valence-electron chi connectivity index (χ0n) is 19.0. The fourth-order valence-electron chi connectivity index (χ4n) is 4.49. The number of amides is 2. The van der Waals surface area contributed by atoms with Crippen molar-refractivity contribution in [2.45, 2.75) is 12.0 Å². The summed E-state index contributed by atoms with van der Waals surface area (Å²) in [7, 11) is 4.76. The van der Waals surface area contributed by atoms with E-state index >= 15 is 0 Å². The number of methoxy groups -OCH3 is 2. The summed E-state index contributed by atoms with van der Waals surface area (Å²) in [6.07, 6.45) is 0. The van der Waals surface area contributed by atoms with E-state index in [2.05, 4.69) is 5.32 Å². The molecule has 5 rings (SSSR count). The standard InChI is InChI=1S/C25H24N2O6S/c1-27-23(21-5-4-10-34-21)22(15-12-18(30-2)19(31-3)13-16(15)25(27)29)24(28)26-14-6-7-17-20(11-14)33-9-8-32-17/h4-7,10-13,22-23H,8-9H2,1-3H3,(H,26,28)/t22-,23-/m0/s1. The van der Waals surface area contributed by atoms with Crippen LogP contribution in [0.4, 0.5) is 5.69 Å². The van der Waals surface area contributed by atoms with Crippen LogP contribution in [-0.2, 0) is 4.79 Å².